The summed E-state index contributed by atoms with van der Waals surface area (Å²) in [5.41, 5.74) is 0.483. The third-order valence-electron chi connectivity index (χ3n) is 3.39. The lowest BCUT2D eigenvalue weighted by Crippen LogP contribution is -2.32. The Kier molecular flexibility index (Phi) is 6.66. The molecule has 0 aliphatic carbocycles. The van der Waals surface area contributed by atoms with Crippen LogP contribution in [-0.4, -0.2) is 25.0 Å². The lowest BCUT2D eigenvalue weighted by molar-refractivity contribution is -0.114. The molecule has 4 N–H and O–H groups in total. The van der Waals surface area contributed by atoms with Crippen LogP contribution in [0.3, 0.4) is 0 Å². The molecular weight excluding hydrogens is 356 g/mol. The summed E-state index contributed by atoms with van der Waals surface area (Å²) in [5.74, 6) is -1.68. The number of nitriles is 1. The summed E-state index contributed by atoms with van der Waals surface area (Å²) in [7, 11) is 0. The van der Waals surface area contributed by atoms with Crippen molar-refractivity contribution >= 4 is 29.0 Å². The van der Waals surface area contributed by atoms with E-state index in [-0.39, 0.29) is 24.3 Å². The highest BCUT2D eigenvalue weighted by Crippen LogP contribution is 2.19. The van der Waals surface area contributed by atoms with Crippen LogP contribution in [0.5, 0.6) is 0 Å². The summed E-state index contributed by atoms with van der Waals surface area (Å²) in [6, 6.07) is 9.21. The van der Waals surface area contributed by atoms with Crippen LogP contribution in [0.2, 0.25) is 0 Å². The summed E-state index contributed by atoms with van der Waals surface area (Å²) < 4.78 is 27.0. The van der Waals surface area contributed by atoms with E-state index in [0.717, 1.165) is 6.07 Å². The third kappa shape index (κ3) is 5.67. The molecule has 0 bridgehead atoms. The number of carbonyl (C=O) groups excluding carboxylic acids is 2. The predicted molar refractivity (Wildman–Crippen MR) is 97.3 cm³/mol. The highest BCUT2D eigenvalue weighted by molar-refractivity contribution is 5.92. The van der Waals surface area contributed by atoms with Crippen molar-refractivity contribution in [2.24, 2.45) is 0 Å². The lowest BCUT2D eigenvalue weighted by atomic mass is 10.2. The first kappa shape index (κ1) is 19.7. The van der Waals surface area contributed by atoms with Gasteiger partial charge in [0.15, 0.2) is 0 Å². The van der Waals surface area contributed by atoms with Gasteiger partial charge >= 0.3 is 6.03 Å². The average molecular weight is 373 g/mol. The maximum atomic E-state index is 13.6. The highest BCUT2D eigenvalue weighted by Gasteiger charge is 2.09. The number of nitrogens with zero attached hydrogens (tertiary/aromatic N) is 1. The van der Waals surface area contributed by atoms with Crippen molar-refractivity contribution < 1.29 is 18.4 Å². The first-order chi connectivity index (χ1) is 12.9. The zero-order chi connectivity index (χ0) is 19.8. The minimum atomic E-state index is -0.625. The Balaban J connectivity index is 1.84. The number of rotatable bonds is 6. The molecule has 0 saturated heterocycles. The maximum absolute atomic E-state index is 13.6. The Morgan fingerprint density at radius 2 is 1.81 bits per heavy atom. The van der Waals surface area contributed by atoms with Crippen LogP contribution >= 0.6 is 0 Å². The van der Waals surface area contributed by atoms with Gasteiger partial charge in [0.2, 0.25) is 5.91 Å². The fourth-order valence-electron chi connectivity index (χ4n) is 2.22. The van der Waals surface area contributed by atoms with Crippen molar-refractivity contribution in [1.29, 1.82) is 5.26 Å². The van der Waals surface area contributed by atoms with Crippen LogP contribution in [0.4, 0.5) is 30.6 Å². The number of anilines is 3. The van der Waals surface area contributed by atoms with Gasteiger partial charge in [0.25, 0.3) is 0 Å². The standard InChI is InChI=1S/C18H17F2N5O2/c1-11(26)24-17-9-12(5-6-15(17)20)25-18(27)23-8-7-22-16-4-2-3-14(19)13(16)10-21/h2-6,9,22H,7-8H2,1H3,(H,24,26)(H2,23,25,27). The second kappa shape index (κ2) is 9.15. The third-order valence-corrected chi connectivity index (χ3v) is 3.39. The molecule has 140 valence electrons. The van der Waals surface area contributed by atoms with E-state index in [1.165, 1.54) is 31.2 Å². The van der Waals surface area contributed by atoms with E-state index in [4.69, 9.17) is 5.26 Å². The van der Waals surface area contributed by atoms with Crippen molar-refractivity contribution in [3.8, 4) is 6.07 Å². The number of benzene rings is 2. The Hall–Kier alpha value is -3.67. The minimum absolute atomic E-state index is 0.0443. The second-order valence-corrected chi connectivity index (χ2v) is 5.46. The van der Waals surface area contributed by atoms with Crippen molar-refractivity contribution in [3.63, 3.8) is 0 Å². The zero-order valence-electron chi connectivity index (χ0n) is 14.4. The van der Waals surface area contributed by atoms with Gasteiger partial charge in [0, 0.05) is 25.7 Å². The number of nitrogens with one attached hydrogen (secondary N) is 4. The molecule has 7 nitrogen and oxygen atoms in total. The molecule has 0 spiro atoms. The molecule has 0 atom stereocenters. The van der Waals surface area contributed by atoms with Gasteiger partial charge in [-0.25, -0.2) is 13.6 Å². The Morgan fingerprint density at radius 1 is 1.04 bits per heavy atom. The molecule has 3 amide bonds. The molecule has 0 heterocycles. The van der Waals surface area contributed by atoms with Gasteiger partial charge in [-0.3, -0.25) is 4.79 Å². The van der Waals surface area contributed by atoms with Crippen LogP contribution in [-0.2, 0) is 4.79 Å². The Labute approximate surface area is 154 Å². The fraction of sp³-hybridized carbons (Fsp3) is 0.167. The monoisotopic (exact) mass is 373 g/mol. The summed E-state index contributed by atoms with van der Waals surface area (Å²) >= 11 is 0. The lowest BCUT2D eigenvalue weighted by Gasteiger charge is -2.11. The molecule has 0 aromatic heterocycles. The molecule has 0 aliphatic heterocycles. The topological polar surface area (TPSA) is 106 Å². The van der Waals surface area contributed by atoms with E-state index >= 15 is 0 Å². The molecule has 0 saturated carbocycles. The van der Waals surface area contributed by atoms with Crippen LogP contribution < -0.4 is 21.3 Å². The predicted octanol–water partition coefficient (Wildman–Crippen LogP) is 3.03. The number of urea groups is 1. The van der Waals surface area contributed by atoms with Crippen molar-refractivity contribution in [2.45, 2.75) is 6.92 Å². The van der Waals surface area contributed by atoms with E-state index in [1.807, 2.05) is 0 Å². The smallest absolute Gasteiger partial charge is 0.319 e. The van der Waals surface area contributed by atoms with E-state index in [9.17, 15) is 18.4 Å². The first-order valence-electron chi connectivity index (χ1n) is 7.95. The van der Waals surface area contributed by atoms with E-state index < -0.39 is 23.6 Å². The summed E-state index contributed by atoms with van der Waals surface area (Å²) in [4.78, 5) is 22.9. The molecule has 27 heavy (non-hydrogen) atoms. The van der Waals surface area contributed by atoms with Gasteiger partial charge in [-0.2, -0.15) is 5.26 Å². The highest BCUT2D eigenvalue weighted by atomic mass is 19.1. The van der Waals surface area contributed by atoms with Gasteiger partial charge in [0.1, 0.15) is 23.3 Å². The van der Waals surface area contributed by atoms with Gasteiger partial charge in [-0.05, 0) is 30.3 Å². The average Bonchev–Trinajstić information content (AvgIpc) is 2.61. The van der Waals surface area contributed by atoms with Gasteiger partial charge in [-0.1, -0.05) is 6.07 Å². The first-order valence-corrected chi connectivity index (χ1v) is 7.95. The molecule has 0 fully saturated rings. The van der Waals surface area contributed by atoms with E-state index in [0.29, 0.717) is 11.4 Å². The SMILES string of the molecule is CC(=O)Nc1cc(NC(=O)NCCNc2cccc(F)c2C#N)ccc1F. The van der Waals surface area contributed by atoms with Crippen molar-refractivity contribution in [2.75, 3.05) is 29.0 Å². The number of hydrogen-bond donors (Lipinski definition) is 4. The van der Waals surface area contributed by atoms with Crippen LogP contribution in [0, 0.1) is 23.0 Å². The van der Waals surface area contributed by atoms with Crippen LogP contribution in [0.1, 0.15) is 12.5 Å². The summed E-state index contributed by atoms with van der Waals surface area (Å²) in [5, 5.41) is 19.2. The van der Waals surface area contributed by atoms with Crippen molar-refractivity contribution in [1.82, 2.24) is 5.32 Å². The number of carbonyl (C=O) groups is 2. The van der Waals surface area contributed by atoms with Crippen molar-refractivity contribution in [3.05, 3.63) is 53.6 Å². The number of halogens is 2. The van der Waals surface area contributed by atoms with E-state index in [1.54, 1.807) is 12.1 Å². The molecule has 0 radical (unpaired) electrons. The molecule has 2 aromatic carbocycles. The van der Waals surface area contributed by atoms with E-state index in [2.05, 4.69) is 21.3 Å². The van der Waals surface area contributed by atoms with Gasteiger partial charge in [0.05, 0.1) is 11.4 Å². The molecular formula is C18H17F2N5O2. The second-order valence-electron chi connectivity index (χ2n) is 5.46. The summed E-state index contributed by atoms with van der Waals surface area (Å²) in [6.45, 7) is 1.69. The van der Waals surface area contributed by atoms with Gasteiger partial charge in [-0.15, -0.1) is 0 Å². The fourth-order valence-corrected chi connectivity index (χ4v) is 2.22. The molecule has 0 aliphatic rings. The molecule has 0 unspecified atom stereocenters. The van der Waals surface area contributed by atoms with Crippen LogP contribution in [0.15, 0.2) is 36.4 Å². The zero-order valence-corrected chi connectivity index (χ0v) is 14.4. The maximum Gasteiger partial charge on any atom is 0.319 e. The molecule has 2 rings (SSSR count). The normalized spacial score (nSPS) is 9.85. The minimum Gasteiger partial charge on any atom is -0.382 e. The largest absolute Gasteiger partial charge is 0.382 e. The molecule has 9 heteroatoms. The summed E-state index contributed by atoms with van der Waals surface area (Å²) in [6.07, 6.45) is 0. The Bertz CT molecular complexity index is 896. The van der Waals surface area contributed by atoms with Gasteiger partial charge < -0.3 is 21.3 Å². The van der Waals surface area contributed by atoms with Crippen LogP contribution in [0.25, 0.3) is 0 Å². The quantitative estimate of drug-likeness (QED) is 0.584. The Morgan fingerprint density at radius 3 is 2.52 bits per heavy atom. The molecule has 2 aromatic rings. The number of hydrogen-bond acceptors (Lipinski definition) is 4. The number of amides is 3.